The van der Waals surface area contributed by atoms with Crippen LogP contribution in [0.3, 0.4) is 0 Å². The molecule has 0 amide bonds. The number of hydrogen-bond donors (Lipinski definition) is 1. The number of likely N-dealkylation sites (N-methyl/N-ethyl adjacent to an activating group) is 1. The lowest BCUT2D eigenvalue weighted by Crippen LogP contribution is -2.36. The van der Waals surface area contributed by atoms with Crippen LogP contribution in [0, 0.1) is 11.3 Å². The summed E-state index contributed by atoms with van der Waals surface area (Å²) < 4.78 is 5.47. The van der Waals surface area contributed by atoms with E-state index in [4.69, 9.17) is 4.74 Å². The molecule has 2 saturated heterocycles. The first-order chi connectivity index (χ1) is 7.80. The molecule has 1 saturated carbocycles. The van der Waals surface area contributed by atoms with Gasteiger partial charge in [0.05, 0.1) is 6.61 Å². The Hall–Kier alpha value is -0.120. The minimum Gasteiger partial charge on any atom is -0.380 e. The summed E-state index contributed by atoms with van der Waals surface area (Å²) in [5, 5.41) is 3.48. The van der Waals surface area contributed by atoms with Gasteiger partial charge in [-0.1, -0.05) is 0 Å². The summed E-state index contributed by atoms with van der Waals surface area (Å²) in [6.45, 7) is 5.71. The van der Waals surface area contributed by atoms with Crippen LogP contribution in [0.4, 0.5) is 0 Å². The number of hydrogen-bond acceptors (Lipinski definition) is 3. The van der Waals surface area contributed by atoms with Crippen molar-refractivity contribution >= 4 is 0 Å². The molecule has 0 aromatic rings. The molecule has 1 N–H and O–H groups in total. The molecule has 3 fully saturated rings. The minimum atomic E-state index is 0.694. The minimum absolute atomic E-state index is 0.694. The van der Waals surface area contributed by atoms with E-state index in [0.717, 1.165) is 24.5 Å². The van der Waals surface area contributed by atoms with Crippen molar-refractivity contribution in [3.05, 3.63) is 0 Å². The zero-order valence-corrected chi connectivity index (χ0v) is 10.4. The van der Waals surface area contributed by atoms with Crippen LogP contribution in [0.15, 0.2) is 0 Å². The van der Waals surface area contributed by atoms with E-state index in [0.29, 0.717) is 6.04 Å². The summed E-state index contributed by atoms with van der Waals surface area (Å²) in [7, 11) is 2.28. The van der Waals surface area contributed by atoms with Crippen molar-refractivity contribution in [3.63, 3.8) is 0 Å². The number of ether oxygens (including phenoxy) is 1. The van der Waals surface area contributed by atoms with Gasteiger partial charge in [0.1, 0.15) is 0 Å². The summed E-state index contributed by atoms with van der Waals surface area (Å²) in [4.78, 5) is 2.55. The molecule has 1 spiro atoms. The first kappa shape index (κ1) is 11.0. The second kappa shape index (κ2) is 4.28. The van der Waals surface area contributed by atoms with Crippen molar-refractivity contribution in [2.75, 3.05) is 39.9 Å². The van der Waals surface area contributed by atoms with Gasteiger partial charge < -0.3 is 15.0 Å². The summed E-state index contributed by atoms with van der Waals surface area (Å²) in [5.41, 5.74) is 0.735. The van der Waals surface area contributed by atoms with Crippen LogP contribution < -0.4 is 5.32 Å². The zero-order chi connectivity index (χ0) is 11.0. The van der Waals surface area contributed by atoms with Gasteiger partial charge in [0.25, 0.3) is 0 Å². The Bertz CT molecular complexity index is 244. The Balaban J connectivity index is 1.49. The maximum Gasteiger partial charge on any atom is 0.0622 e. The topological polar surface area (TPSA) is 24.5 Å². The smallest absolute Gasteiger partial charge is 0.0622 e. The molecule has 1 aliphatic carbocycles. The van der Waals surface area contributed by atoms with Gasteiger partial charge in [-0.3, -0.25) is 0 Å². The molecule has 2 aliphatic heterocycles. The molecule has 3 heteroatoms. The number of piperidine rings is 1. The van der Waals surface area contributed by atoms with Crippen molar-refractivity contribution in [2.45, 2.75) is 31.7 Å². The highest BCUT2D eigenvalue weighted by atomic mass is 16.5. The van der Waals surface area contributed by atoms with Crippen molar-refractivity contribution in [1.82, 2.24) is 10.2 Å². The van der Waals surface area contributed by atoms with E-state index in [9.17, 15) is 0 Å². The van der Waals surface area contributed by atoms with Gasteiger partial charge in [-0.05, 0) is 57.2 Å². The molecule has 92 valence electrons. The van der Waals surface area contributed by atoms with E-state index in [-0.39, 0.29) is 0 Å². The Labute approximate surface area is 98.5 Å². The molecule has 3 nitrogen and oxygen atoms in total. The molecule has 3 rings (SSSR count). The largest absolute Gasteiger partial charge is 0.380 e. The molecule has 2 heterocycles. The second-order valence-corrected chi connectivity index (χ2v) is 5.97. The van der Waals surface area contributed by atoms with Crippen LogP contribution in [-0.2, 0) is 4.74 Å². The van der Waals surface area contributed by atoms with Crippen molar-refractivity contribution < 1.29 is 4.74 Å². The summed E-state index contributed by atoms with van der Waals surface area (Å²) in [6, 6.07) is 0.694. The molecule has 0 radical (unpaired) electrons. The van der Waals surface area contributed by atoms with Gasteiger partial charge in [-0.25, -0.2) is 0 Å². The molecule has 16 heavy (non-hydrogen) atoms. The lowest BCUT2D eigenvalue weighted by atomic mass is 9.92. The van der Waals surface area contributed by atoms with E-state index < -0.39 is 0 Å². The quantitative estimate of drug-likeness (QED) is 0.777. The summed E-state index contributed by atoms with van der Waals surface area (Å²) in [6.07, 6.45) is 5.53. The lowest BCUT2D eigenvalue weighted by Gasteiger charge is -2.27. The van der Waals surface area contributed by atoms with Crippen molar-refractivity contribution in [2.24, 2.45) is 11.3 Å². The highest BCUT2D eigenvalue weighted by Crippen LogP contribution is 2.58. The van der Waals surface area contributed by atoms with Gasteiger partial charge in [0, 0.05) is 19.2 Å². The summed E-state index contributed by atoms with van der Waals surface area (Å²) >= 11 is 0. The number of nitrogens with zero attached hydrogens (tertiary/aromatic N) is 1. The average Bonchev–Trinajstić information content (AvgIpc) is 2.78. The normalized spacial score (nSPS) is 37.1. The predicted octanol–water partition coefficient (Wildman–Crippen LogP) is 1.10. The molecule has 0 bridgehead atoms. The maximum absolute atomic E-state index is 5.47. The maximum atomic E-state index is 5.47. The number of rotatable bonds is 3. The molecule has 2 atom stereocenters. The van der Waals surface area contributed by atoms with Crippen LogP contribution in [-0.4, -0.2) is 50.8 Å². The number of nitrogens with one attached hydrogen (secondary N) is 1. The molecular formula is C13H24N2O. The average molecular weight is 224 g/mol. The second-order valence-electron chi connectivity index (χ2n) is 5.97. The third-order valence-electron chi connectivity index (χ3n) is 5.00. The van der Waals surface area contributed by atoms with Gasteiger partial charge in [-0.15, -0.1) is 0 Å². The molecule has 3 aliphatic rings. The zero-order valence-electron chi connectivity index (χ0n) is 10.4. The van der Waals surface area contributed by atoms with Crippen LogP contribution >= 0.6 is 0 Å². The lowest BCUT2D eigenvalue weighted by molar-refractivity contribution is 0.151. The van der Waals surface area contributed by atoms with Gasteiger partial charge in [0.15, 0.2) is 0 Å². The standard InChI is InChI=1S/C13H24N2O/c1-15(12-2-7-16-10-12)9-11-8-13(11)3-5-14-6-4-13/h11-12,14H,2-10H2,1H3. The molecule has 0 aromatic heterocycles. The highest BCUT2D eigenvalue weighted by Gasteiger charge is 2.53. The van der Waals surface area contributed by atoms with E-state index in [1.54, 1.807) is 0 Å². The van der Waals surface area contributed by atoms with E-state index >= 15 is 0 Å². The summed E-state index contributed by atoms with van der Waals surface area (Å²) in [5.74, 6) is 0.972. The van der Waals surface area contributed by atoms with Crippen LogP contribution in [0.2, 0.25) is 0 Å². The molecule has 0 aromatic carbocycles. The van der Waals surface area contributed by atoms with E-state index in [1.807, 2.05) is 0 Å². The first-order valence-electron chi connectivity index (χ1n) is 6.79. The first-order valence-corrected chi connectivity index (χ1v) is 6.79. The third-order valence-corrected chi connectivity index (χ3v) is 5.00. The monoisotopic (exact) mass is 224 g/mol. The van der Waals surface area contributed by atoms with Crippen molar-refractivity contribution in [3.8, 4) is 0 Å². The Morgan fingerprint density at radius 1 is 1.38 bits per heavy atom. The van der Waals surface area contributed by atoms with Gasteiger partial charge >= 0.3 is 0 Å². The van der Waals surface area contributed by atoms with Gasteiger partial charge in [-0.2, -0.15) is 0 Å². The van der Waals surface area contributed by atoms with E-state index in [2.05, 4.69) is 17.3 Å². The molecular weight excluding hydrogens is 200 g/mol. The van der Waals surface area contributed by atoms with E-state index in [1.165, 1.54) is 45.3 Å². The Kier molecular flexibility index (Phi) is 2.94. The Morgan fingerprint density at radius 3 is 2.88 bits per heavy atom. The van der Waals surface area contributed by atoms with Crippen LogP contribution in [0.25, 0.3) is 0 Å². The fourth-order valence-corrected chi connectivity index (χ4v) is 3.59. The van der Waals surface area contributed by atoms with Crippen molar-refractivity contribution in [1.29, 1.82) is 0 Å². The van der Waals surface area contributed by atoms with Crippen LogP contribution in [0.1, 0.15) is 25.7 Å². The predicted molar refractivity (Wildman–Crippen MR) is 64.5 cm³/mol. The SMILES string of the molecule is CN(CC1CC12CCNCC2)C1CCOC1. The third kappa shape index (κ3) is 2.01. The van der Waals surface area contributed by atoms with Crippen LogP contribution in [0.5, 0.6) is 0 Å². The molecule has 2 unspecified atom stereocenters. The van der Waals surface area contributed by atoms with Gasteiger partial charge in [0.2, 0.25) is 0 Å². The highest BCUT2D eigenvalue weighted by molar-refractivity contribution is 5.05. The fourth-order valence-electron chi connectivity index (χ4n) is 3.59. The Morgan fingerprint density at radius 2 is 2.19 bits per heavy atom. The fraction of sp³-hybridized carbons (Fsp3) is 1.00.